The van der Waals surface area contributed by atoms with Crippen LogP contribution in [0.25, 0.3) is 50.6 Å². The van der Waals surface area contributed by atoms with Gasteiger partial charge in [0.25, 0.3) is 17.7 Å². The first-order chi connectivity index (χ1) is 39.5. The molecule has 0 unspecified atom stereocenters. The Morgan fingerprint density at radius 3 is 1.54 bits per heavy atom. The summed E-state index contributed by atoms with van der Waals surface area (Å²) in [5.41, 5.74) is 13.5. The molecule has 12 rings (SSSR count). The third kappa shape index (κ3) is 14.2. The molecule has 3 fully saturated rings. The molecular weight excluding hydrogens is 1030 g/mol. The molecule has 0 atom stereocenters. The molecule has 0 radical (unpaired) electrons. The molecule has 3 aliphatic carbocycles. The van der Waals surface area contributed by atoms with Crippen LogP contribution in [-0.4, -0.2) is 92.4 Å². The Balaban J connectivity index is 0.000000139. The molecule has 18 nitrogen and oxygen atoms in total. The van der Waals surface area contributed by atoms with Crippen molar-refractivity contribution in [1.29, 1.82) is 0 Å². The number of pyridine rings is 3. The molecule has 418 valence electrons. The Morgan fingerprint density at radius 1 is 0.561 bits per heavy atom. The van der Waals surface area contributed by atoms with Crippen molar-refractivity contribution in [2.75, 3.05) is 11.9 Å². The van der Waals surface area contributed by atoms with Gasteiger partial charge in [-0.3, -0.25) is 34.1 Å². The summed E-state index contributed by atoms with van der Waals surface area (Å²) in [5.74, 6) is 0.569. The molecule has 18 heteroatoms. The summed E-state index contributed by atoms with van der Waals surface area (Å²) in [7, 11) is 0. The number of nitrogens with zero attached hydrogens (tertiary/aromatic N) is 9. The van der Waals surface area contributed by atoms with E-state index in [0.29, 0.717) is 52.9 Å². The highest BCUT2D eigenvalue weighted by Crippen LogP contribution is 2.30. The van der Waals surface area contributed by atoms with Crippen molar-refractivity contribution in [3.63, 3.8) is 0 Å². The third-order valence-corrected chi connectivity index (χ3v) is 14.0. The van der Waals surface area contributed by atoms with Crippen molar-refractivity contribution in [1.82, 2.24) is 60.0 Å². The van der Waals surface area contributed by atoms with Crippen LogP contribution in [0.5, 0.6) is 5.75 Å². The van der Waals surface area contributed by atoms with Crippen molar-refractivity contribution in [2.24, 2.45) is 5.41 Å². The zero-order chi connectivity index (χ0) is 57.5. The van der Waals surface area contributed by atoms with Crippen LogP contribution in [0, 0.1) is 26.2 Å². The molecule has 0 aliphatic heterocycles. The van der Waals surface area contributed by atoms with Gasteiger partial charge in [0.2, 0.25) is 5.91 Å². The van der Waals surface area contributed by atoms with Gasteiger partial charge in [0.1, 0.15) is 5.75 Å². The first-order valence-electron chi connectivity index (χ1n) is 27.7. The van der Waals surface area contributed by atoms with E-state index in [9.17, 15) is 19.2 Å². The van der Waals surface area contributed by atoms with Gasteiger partial charge >= 0.3 is 0 Å². The van der Waals surface area contributed by atoms with Crippen molar-refractivity contribution >= 4 is 29.3 Å². The number of hydrogen-bond donors (Lipinski definition) is 4. The predicted molar refractivity (Wildman–Crippen MR) is 315 cm³/mol. The van der Waals surface area contributed by atoms with Crippen LogP contribution >= 0.6 is 0 Å². The molecule has 6 heterocycles. The summed E-state index contributed by atoms with van der Waals surface area (Å²) in [4.78, 5) is 66.4. The van der Waals surface area contributed by atoms with Gasteiger partial charge in [-0.2, -0.15) is 10.2 Å². The highest BCUT2D eigenvalue weighted by Gasteiger charge is 2.27. The van der Waals surface area contributed by atoms with Gasteiger partial charge in [-0.1, -0.05) is 39.0 Å². The zero-order valence-corrected chi connectivity index (χ0v) is 47.2. The second kappa shape index (κ2) is 24.4. The number of anilines is 1. The zero-order valence-electron chi connectivity index (χ0n) is 47.2. The van der Waals surface area contributed by atoms with E-state index < -0.39 is 5.41 Å². The summed E-state index contributed by atoms with van der Waals surface area (Å²) in [6.45, 7) is 14.2. The summed E-state index contributed by atoms with van der Waals surface area (Å²) in [5, 5.41) is 20.9. The number of nitrogens with one attached hydrogen (secondary N) is 4. The summed E-state index contributed by atoms with van der Waals surface area (Å²) < 4.78 is 10.9. The maximum absolute atomic E-state index is 12.4. The average Bonchev–Trinajstić information content (AvgIpc) is 4.55. The maximum atomic E-state index is 12.4. The van der Waals surface area contributed by atoms with Gasteiger partial charge in [0.05, 0.1) is 84.8 Å². The first kappa shape index (κ1) is 55.7. The largest absolute Gasteiger partial charge is 0.492 e. The van der Waals surface area contributed by atoms with E-state index in [1.54, 1.807) is 65.3 Å². The molecule has 6 aromatic heterocycles. The molecule has 4 amide bonds. The molecule has 3 aliphatic rings. The van der Waals surface area contributed by atoms with E-state index in [1.165, 1.54) is 0 Å². The van der Waals surface area contributed by atoms with Crippen LogP contribution < -0.4 is 26.0 Å². The number of aromatic nitrogens is 9. The highest BCUT2D eigenvalue weighted by molar-refractivity contribution is 5.98. The monoisotopic (exact) mass is 1100 g/mol. The highest BCUT2D eigenvalue weighted by atomic mass is 16.5. The van der Waals surface area contributed by atoms with E-state index in [2.05, 4.69) is 51.4 Å². The average molecular weight is 1100 g/mol. The summed E-state index contributed by atoms with van der Waals surface area (Å²) in [6, 6.07) is 25.9. The van der Waals surface area contributed by atoms with Crippen LogP contribution in [0.3, 0.4) is 0 Å². The molecule has 0 saturated heterocycles. The molecular formula is C64H67N13O5. The lowest BCUT2D eigenvalue weighted by molar-refractivity contribution is -0.123. The van der Waals surface area contributed by atoms with Gasteiger partial charge in [0.15, 0.2) is 0 Å². The Morgan fingerprint density at radius 2 is 1.05 bits per heavy atom. The number of aryl methyl sites for hydroxylation is 3. The van der Waals surface area contributed by atoms with Gasteiger partial charge in [-0.25, -0.2) is 14.3 Å². The minimum atomic E-state index is -0.497. The molecule has 3 saturated carbocycles. The van der Waals surface area contributed by atoms with E-state index in [-0.39, 0.29) is 23.6 Å². The number of imidazole rings is 1. The van der Waals surface area contributed by atoms with Crippen molar-refractivity contribution in [2.45, 2.75) is 105 Å². The van der Waals surface area contributed by atoms with Crippen LogP contribution in [0.15, 0.2) is 153 Å². The van der Waals surface area contributed by atoms with Crippen LogP contribution in [0.2, 0.25) is 0 Å². The van der Waals surface area contributed by atoms with Crippen molar-refractivity contribution in [3.05, 3.63) is 187 Å². The summed E-state index contributed by atoms with van der Waals surface area (Å²) >= 11 is 0. The van der Waals surface area contributed by atoms with E-state index in [0.717, 1.165) is 106 Å². The van der Waals surface area contributed by atoms with Gasteiger partial charge in [-0.05, 0) is 149 Å². The Labute approximate surface area is 476 Å². The quantitative estimate of drug-likeness (QED) is 0.0757. The lowest BCUT2D eigenvalue weighted by Crippen LogP contribution is -2.27. The smallest absolute Gasteiger partial charge is 0.251 e. The molecule has 0 bridgehead atoms. The number of hydrogen-bond acceptors (Lipinski definition) is 11. The van der Waals surface area contributed by atoms with Gasteiger partial charge in [0, 0.05) is 87.8 Å². The predicted octanol–water partition coefficient (Wildman–Crippen LogP) is 10.8. The topological polar surface area (TPSA) is 218 Å². The third-order valence-electron chi connectivity index (χ3n) is 14.0. The van der Waals surface area contributed by atoms with Crippen molar-refractivity contribution in [3.8, 4) is 56.3 Å². The number of ether oxygens (including phenoxy) is 1. The Bertz CT molecular complexity index is 3770. The number of carbonyl (C=O) groups excluding carboxylic acids is 4. The lowest BCUT2D eigenvalue weighted by Gasteiger charge is -2.17. The Kier molecular flexibility index (Phi) is 16.6. The SMILES string of the molecule is CCOc1cncc(-n2cc(-c3cc(C(=O)NC4CC4)ccc3C)cn2)c1.Cc1ccc(C(=O)NC2CC2)cc1-c1cn(-c2cccnc2)cn1.Cc1ccc(C(=O)NC2CC2)cc1-c1cnn(-c2cncc(NC(=O)C(C)(C)C)c2)c1. The fraction of sp³-hybridized carbons (Fsp3) is 0.281. The fourth-order valence-corrected chi connectivity index (χ4v) is 8.71. The van der Waals surface area contributed by atoms with Crippen LogP contribution in [-0.2, 0) is 4.79 Å². The second-order valence-electron chi connectivity index (χ2n) is 22.0. The molecule has 3 aromatic carbocycles. The number of rotatable bonds is 15. The standard InChI is InChI=1S/C24H27N5O2.C21H22N4O2.C19H18N4O/c1-15-5-6-16(22(30)27-18-7-8-18)9-21(15)17-11-26-29(14-17)20-10-19(12-25-13-20)28-23(31)24(2,3)4;1-3-27-19-9-18(11-22-12-19)25-13-16(10-23-25)20-8-15(5-4-14(20)2)21(26)24-17-6-7-17;1-13-4-5-14(19(24)22-15-6-7-15)9-17(13)18-11-23(12-21-18)16-3-2-8-20-10-16/h5-6,9-14,18H,7-8H2,1-4H3,(H,27,30)(H,28,31);4-5,8-13,17H,3,6-7H2,1-2H3,(H,24,26);2-5,8-12,15H,6-7H2,1H3,(H,22,24). The first-order valence-corrected chi connectivity index (χ1v) is 27.7. The Hall–Kier alpha value is -9.58. The number of benzene rings is 3. The fourth-order valence-electron chi connectivity index (χ4n) is 8.71. The second-order valence-corrected chi connectivity index (χ2v) is 22.0. The molecule has 82 heavy (non-hydrogen) atoms. The van der Waals surface area contributed by atoms with E-state index >= 15 is 0 Å². The van der Waals surface area contributed by atoms with Gasteiger partial charge < -0.3 is 30.6 Å². The minimum Gasteiger partial charge on any atom is -0.492 e. The van der Waals surface area contributed by atoms with Crippen LogP contribution in [0.4, 0.5) is 5.69 Å². The van der Waals surface area contributed by atoms with Gasteiger partial charge in [-0.15, -0.1) is 0 Å². The number of carbonyl (C=O) groups is 4. The molecule has 0 spiro atoms. The maximum Gasteiger partial charge on any atom is 0.251 e. The van der Waals surface area contributed by atoms with Crippen molar-refractivity contribution < 1.29 is 23.9 Å². The van der Waals surface area contributed by atoms with E-state index in [4.69, 9.17) is 4.74 Å². The molecule has 9 aromatic rings. The normalized spacial score (nSPS) is 13.6. The summed E-state index contributed by atoms with van der Waals surface area (Å²) in [6.07, 6.45) is 27.8. The lowest BCUT2D eigenvalue weighted by atomic mass is 9.95. The van der Waals surface area contributed by atoms with Crippen LogP contribution in [0.1, 0.15) is 114 Å². The van der Waals surface area contributed by atoms with E-state index in [1.807, 2.05) is 150 Å². The number of amides is 4. The molecule has 4 N–H and O–H groups in total. The minimum absolute atomic E-state index is 0.00885.